The molecule has 1 N–H and O–H groups in total. The van der Waals surface area contributed by atoms with Gasteiger partial charge >= 0.3 is 0 Å². The highest BCUT2D eigenvalue weighted by atomic mass is 32.1. The lowest BCUT2D eigenvalue weighted by molar-refractivity contribution is 0.249. The van der Waals surface area contributed by atoms with Crippen molar-refractivity contribution < 1.29 is 0 Å². The van der Waals surface area contributed by atoms with Crippen LogP contribution in [0.1, 0.15) is 50.1 Å². The number of aromatic nitrogens is 3. The Hall–Kier alpha value is -1.20. The number of rotatable bonds is 4. The molecule has 0 aliphatic carbocycles. The number of nitrogens with one attached hydrogen (secondary N) is 1. The van der Waals surface area contributed by atoms with Gasteiger partial charge in [-0.15, -0.1) is 11.3 Å². The van der Waals surface area contributed by atoms with Crippen molar-refractivity contribution in [2.75, 3.05) is 7.05 Å². The maximum absolute atomic E-state index is 4.40. The summed E-state index contributed by atoms with van der Waals surface area (Å²) in [5.74, 6) is 0. The Morgan fingerprint density at radius 1 is 1.42 bits per heavy atom. The van der Waals surface area contributed by atoms with Crippen LogP contribution >= 0.6 is 11.3 Å². The molecule has 0 fully saturated rings. The lowest BCUT2D eigenvalue weighted by atomic mass is 9.92. The maximum Gasteiger partial charge on any atom is 0.109 e. The predicted octanol–water partition coefficient (Wildman–Crippen LogP) is 3.36. The third kappa shape index (κ3) is 3.42. The van der Waals surface area contributed by atoms with E-state index in [1.54, 1.807) is 11.3 Å². The molecule has 0 aliphatic rings. The van der Waals surface area contributed by atoms with Crippen LogP contribution < -0.4 is 0 Å². The number of aromatic amines is 1. The Bertz CT molecular complexity index is 510. The molecular formula is C14H22N4S. The van der Waals surface area contributed by atoms with Crippen LogP contribution in [0.5, 0.6) is 0 Å². The van der Waals surface area contributed by atoms with Gasteiger partial charge in [0.1, 0.15) is 5.01 Å². The summed E-state index contributed by atoms with van der Waals surface area (Å²) in [5, 5.41) is 10.7. The number of nitrogens with zero attached hydrogens (tertiary/aromatic N) is 3. The normalized spacial score (nSPS) is 14.0. The zero-order chi connectivity index (χ0) is 14.0. The SMILES string of the molecule is C[C@H](c1nccs1)N(C)Cc1cc(C(C)(C)C)n[nH]1. The summed E-state index contributed by atoms with van der Waals surface area (Å²) < 4.78 is 0. The van der Waals surface area contributed by atoms with Crippen molar-refractivity contribution >= 4 is 11.3 Å². The fourth-order valence-corrected chi connectivity index (χ4v) is 2.62. The van der Waals surface area contributed by atoms with E-state index in [0.29, 0.717) is 6.04 Å². The molecule has 19 heavy (non-hydrogen) atoms. The Labute approximate surface area is 118 Å². The van der Waals surface area contributed by atoms with Crippen molar-refractivity contribution in [1.29, 1.82) is 0 Å². The number of H-pyrrole nitrogens is 1. The lowest BCUT2D eigenvalue weighted by Gasteiger charge is -2.22. The van der Waals surface area contributed by atoms with Crippen molar-refractivity contribution in [2.24, 2.45) is 0 Å². The van der Waals surface area contributed by atoms with Crippen molar-refractivity contribution in [3.8, 4) is 0 Å². The molecule has 0 amide bonds. The highest BCUT2D eigenvalue weighted by Crippen LogP contribution is 2.24. The van der Waals surface area contributed by atoms with Gasteiger partial charge in [-0.05, 0) is 20.0 Å². The van der Waals surface area contributed by atoms with Gasteiger partial charge in [-0.1, -0.05) is 20.8 Å². The first-order valence-corrected chi connectivity index (χ1v) is 7.40. The molecule has 0 spiro atoms. The van der Waals surface area contributed by atoms with E-state index in [0.717, 1.165) is 22.9 Å². The minimum atomic E-state index is 0.0915. The number of thiazole rings is 1. The van der Waals surface area contributed by atoms with Gasteiger partial charge in [-0.3, -0.25) is 10.00 Å². The zero-order valence-corrected chi connectivity index (χ0v) is 13.1. The molecule has 0 radical (unpaired) electrons. The van der Waals surface area contributed by atoms with E-state index in [2.05, 4.69) is 60.9 Å². The fourth-order valence-electron chi connectivity index (χ4n) is 1.86. The Morgan fingerprint density at radius 2 is 2.16 bits per heavy atom. The van der Waals surface area contributed by atoms with Gasteiger partial charge < -0.3 is 0 Å². The van der Waals surface area contributed by atoms with Crippen LogP contribution in [-0.4, -0.2) is 27.1 Å². The molecule has 104 valence electrons. The van der Waals surface area contributed by atoms with E-state index in [9.17, 15) is 0 Å². The predicted molar refractivity (Wildman–Crippen MR) is 79.3 cm³/mol. The monoisotopic (exact) mass is 278 g/mol. The Balaban J connectivity index is 2.03. The fraction of sp³-hybridized carbons (Fsp3) is 0.571. The van der Waals surface area contributed by atoms with Crippen LogP contribution in [0.4, 0.5) is 0 Å². The minimum absolute atomic E-state index is 0.0915. The maximum atomic E-state index is 4.40. The molecule has 0 unspecified atom stereocenters. The van der Waals surface area contributed by atoms with Crippen LogP contribution in [-0.2, 0) is 12.0 Å². The molecule has 0 saturated heterocycles. The molecule has 0 bridgehead atoms. The summed E-state index contributed by atoms with van der Waals surface area (Å²) in [6.45, 7) is 9.56. The Kier molecular flexibility index (Phi) is 4.06. The largest absolute Gasteiger partial charge is 0.291 e. The third-order valence-electron chi connectivity index (χ3n) is 3.29. The molecule has 1 atom stereocenters. The first-order valence-electron chi connectivity index (χ1n) is 6.52. The van der Waals surface area contributed by atoms with Crippen molar-refractivity contribution in [3.05, 3.63) is 34.0 Å². The van der Waals surface area contributed by atoms with Crippen LogP contribution in [0.15, 0.2) is 17.6 Å². The van der Waals surface area contributed by atoms with Gasteiger partial charge in [-0.2, -0.15) is 5.10 Å². The molecule has 4 nitrogen and oxygen atoms in total. The van der Waals surface area contributed by atoms with Crippen LogP contribution in [0.3, 0.4) is 0 Å². The van der Waals surface area contributed by atoms with E-state index in [1.165, 1.54) is 0 Å². The van der Waals surface area contributed by atoms with Gasteiger partial charge in [0.2, 0.25) is 0 Å². The smallest absolute Gasteiger partial charge is 0.109 e. The van der Waals surface area contributed by atoms with Gasteiger partial charge in [0, 0.05) is 29.2 Å². The molecule has 2 heterocycles. The van der Waals surface area contributed by atoms with Crippen LogP contribution in [0, 0.1) is 0 Å². The summed E-state index contributed by atoms with van der Waals surface area (Å²) in [7, 11) is 2.11. The van der Waals surface area contributed by atoms with E-state index in [4.69, 9.17) is 0 Å². The highest BCUT2D eigenvalue weighted by molar-refractivity contribution is 7.09. The average molecular weight is 278 g/mol. The number of hydrogen-bond donors (Lipinski definition) is 1. The van der Waals surface area contributed by atoms with Crippen molar-refractivity contribution in [2.45, 2.75) is 45.7 Å². The molecule has 2 rings (SSSR count). The molecule has 2 aromatic rings. The highest BCUT2D eigenvalue weighted by Gasteiger charge is 2.19. The third-order valence-corrected chi connectivity index (χ3v) is 4.23. The zero-order valence-electron chi connectivity index (χ0n) is 12.3. The standard InChI is InChI=1S/C14H22N4S/c1-10(13-15-6-7-19-13)18(5)9-11-8-12(17-16-11)14(2,3)4/h6-8,10H,9H2,1-5H3,(H,16,17)/t10-/m1/s1. The first kappa shape index (κ1) is 14.2. The molecule has 5 heteroatoms. The van der Waals surface area contributed by atoms with Gasteiger partial charge in [-0.25, -0.2) is 4.98 Å². The van der Waals surface area contributed by atoms with E-state index >= 15 is 0 Å². The van der Waals surface area contributed by atoms with E-state index in [1.807, 2.05) is 11.6 Å². The molecular weight excluding hydrogens is 256 g/mol. The second kappa shape index (κ2) is 5.43. The number of hydrogen-bond acceptors (Lipinski definition) is 4. The summed E-state index contributed by atoms with van der Waals surface area (Å²) in [4.78, 5) is 6.65. The summed E-state index contributed by atoms with van der Waals surface area (Å²) in [5.41, 5.74) is 2.35. The lowest BCUT2D eigenvalue weighted by Crippen LogP contribution is -2.22. The average Bonchev–Trinajstić information content (AvgIpc) is 2.97. The second-order valence-electron chi connectivity index (χ2n) is 5.99. The molecule has 0 aromatic carbocycles. The van der Waals surface area contributed by atoms with Gasteiger partial charge in [0.25, 0.3) is 0 Å². The topological polar surface area (TPSA) is 44.8 Å². The molecule has 0 saturated carbocycles. The van der Waals surface area contributed by atoms with Gasteiger partial charge in [0.05, 0.1) is 11.7 Å². The van der Waals surface area contributed by atoms with E-state index in [-0.39, 0.29) is 5.41 Å². The molecule has 0 aliphatic heterocycles. The first-order chi connectivity index (χ1) is 8.88. The quantitative estimate of drug-likeness (QED) is 0.932. The second-order valence-corrected chi connectivity index (χ2v) is 6.92. The Morgan fingerprint density at radius 3 is 2.68 bits per heavy atom. The minimum Gasteiger partial charge on any atom is -0.291 e. The van der Waals surface area contributed by atoms with Gasteiger partial charge in [0.15, 0.2) is 0 Å². The van der Waals surface area contributed by atoms with Crippen molar-refractivity contribution in [3.63, 3.8) is 0 Å². The van der Waals surface area contributed by atoms with Crippen LogP contribution in [0.2, 0.25) is 0 Å². The van der Waals surface area contributed by atoms with Crippen LogP contribution in [0.25, 0.3) is 0 Å². The van der Waals surface area contributed by atoms with E-state index < -0.39 is 0 Å². The van der Waals surface area contributed by atoms with Crippen molar-refractivity contribution in [1.82, 2.24) is 20.1 Å². The summed E-state index contributed by atoms with van der Waals surface area (Å²) in [6.07, 6.45) is 1.86. The molecule has 2 aromatic heterocycles. The summed E-state index contributed by atoms with van der Waals surface area (Å²) in [6, 6.07) is 2.48. The summed E-state index contributed by atoms with van der Waals surface area (Å²) >= 11 is 1.70.